The third kappa shape index (κ3) is 3.03. The fourth-order valence-electron chi connectivity index (χ4n) is 3.02. The molecule has 1 atom stereocenters. The van der Waals surface area contributed by atoms with Gasteiger partial charge in [0.2, 0.25) is 0 Å². The van der Waals surface area contributed by atoms with Gasteiger partial charge in [-0.3, -0.25) is 0 Å². The topological polar surface area (TPSA) is 21.3 Å². The highest BCUT2D eigenvalue weighted by Crippen LogP contribution is 2.43. The predicted molar refractivity (Wildman–Crippen MR) is 90.6 cm³/mol. The zero-order valence-corrected chi connectivity index (χ0v) is 14.1. The normalized spacial score (nSPS) is 16.6. The highest BCUT2D eigenvalue weighted by molar-refractivity contribution is 9.10. The van der Waals surface area contributed by atoms with Crippen LogP contribution >= 0.6 is 15.9 Å². The van der Waals surface area contributed by atoms with Crippen molar-refractivity contribution in [3.05, 3.63) is 63.4 Å². The zero-order chi connectivity index (χ0) is 15.5. The molecule has 4 heteroatoms. The first-order chi connectivity index (χ1) is 10.7. The van der Waals surface area contributed by atoms with Gasteiger partial charge in [-0.05, 0) is 52.9 Å². The van der Waals surface area contributed by atoms with Crippen molar-refractivity contribution in [2.75, 3.05) is 11.9 Å². The number of halogens is 2. The highest BCUT2D eigenvalue weighted by atomic mass is 79.9. The van der Waals surface area contributed by atoms with Crippen LogP contribution in [0.2, 0.25) is 0 Å². The van der Waals surface area contributed by atoms with Crippen LogP contribution < -0.4 is 5.32 Å². The van der Waals surface area contributed by atoms with Gasteiger partial charge in [0, 0.05) is 16.6 Å². The molecule has 2 aromatic rings. The van der Waals surface area contributed by atoms with E-state index in [2.05, 4.69) is 21.2 Å². The van der Waals surface area contributed by atoms with Crippen LogP contribution in [0.1, 0.15) is 36.1 Å². The molecule has 116 valence electrons. The van der Waals surface area contributed by atoms with Crippen LogP contribution in [0.25, 0.3) is 0 Å². The van der Waals surface area contributed by atoms with Gasteiger partial charge < -0.3 is 10.1 Å². The van der Waals surface area contributed by atoms with Crippen molar-refractivity contribution in [2.45, 2.75) is 32.5 Å². The molecule has 1 unspecified atom stereocenters. The number of ether oxygens (including phenoxy) is 1. The monoisotopic (exact) mass is 363 g/mol. The van der Waals surface area contributed by atoms with Crippen LogP contribution in [0, 0.1) is 5.82 Å². The first-order valence-electron chi connectivity index (χ1n) is 7.61. The molecule has 1 N–H and O–H groups in total. The maximum atomic E-state index is 14.4. The Morgan fingerprint density at radius 1 is 1.32 bits per heavy atom. The lowest BCUT2D eigenvalue weighted by atomic mass is 10.1. The van der Waals surface area contributed by atoms with Gasteiger partial charge in [0.15, 0.2) is 0 Å². The average Bonchev–Trinajstić information content (AvgIpc) is 2.95. The molecule has 0 fully saturated rings. The third-order valence-corrected chi connectivity index (χ3v) is 4.63. The van der Waals surface area contributed by atoms with E-state index < -0.39 is 0 Å². The Morgan fingerprint density at radius 3 is 2.82 bits per heavy atom. The molecule has 3 rings (SSSR count). The summed E-state index contributed by atoms with van der Waals surface area (Å²) in [5, 5.41) is 3.33. The van der Waals surface area contributed by atoms with E-state index in [4.69, 9.17) is 4.74 Å². The summed E-state index contributed by atoms with van der Waals surface area (Å²) in [5.74, 6) is -0.181. The molecular weight excluding hydrogens is 345 g/mol. The Bertz CT molecular complexity index is 660. The molecule has 0 heterocycles. The Labute approximate surface area is 138 Å². The Kier molecular flexibility index (Phi) is 4.79. The molecule has 0 bridgehead atoms. The smallest absolute Gasteiger partial charge is 0.130 e. The van der Waals surface area contributed by atoms with Gasteiger partial charge in [-0.2, -0.15) is 0 Å². The van der Waals surface area contributed by atoms with E-state index in [-0.39, 0.29) is 11.9 Å². The molecule has 0 spiro atoms. The van der Waals surface area contributed by atoms with Gasteiger partial charge >= 0.3 is 0 Å². The maximum absolute atomic E-state index is 14.4. The molecule has 1 aliphatic carbocycles. The van der Waals surface area contributed by atoms with Gasteiger partial charge in [0.05, 0.1) is 18.4 Å². The van der Waals surface area contributed by atoms with Gasteiger partial charge in [0.1, 0.15) is 5.82 Å². The lowest BCUT2D eigenvalue weighted by Gasteiger charge is -2.17. The second kappa shape index (κ2) is 6.80. The summed E-state index contributed by atoms with van der Waals surface area (Å²) in [4.78, 5) is 0. The fourth-order valence-corrected chi connectivity index (χ4v) is 3.60. The maximum Gasteiger partial charge on any atom is 0.130 e. The lowest BCUT2D eigenvalue weighted by molar-refractivity contribution is 0.0390. The van der Waals surface area contributed by atoms with Crippen LogP contribution in [-0.2, 0) is 17.8 Å². The summed E-state index contributed by atoms with van der Waals surface area (Å²) in [6, 6.07) is 11.6. The zero-order valence-electron chi connectivity index (χ0n) is 12.5. The quantitative estimate of drug-likeness (QED) is 0.785. The minimum atomic E-state index is -0.181. The molecule has 0 aromatic heterocycles. The minimum Gasteiger partial charge on any atom is -0.384 e. The second-order valence-corrected chi connectivity index (χ2v) is 6.32. The summed E-state index contributed by atoms with van der Waals surface area (Å²) >= 11 is 3.45. The largest absolute Gasteiger partial charge is 0.384 e. The molecule has 0 radical (unpaired) electrons. The van der Waals surface area contributed by atoms with Crippen molar-refractivity contribution in [3.63, 3.8) is 0 Å². The van der Waals surface area contributed by atoms with Gasteiger partial charge in [-0.15, -0.1) is 0 Å². The predicted octanol–water partition coefficient (Wildman–Crippen LogP) is 5.22. The first kappa shape index (κ1) is 15.5. The molecule has 1 aliphatic rings. The molecule has 0 saturated heterocycles. The molecule has 0 saturated carbocycles. The molecule has 2 nitrogen and oxygen atoms in total. The molecule has 0 aliphatic heterocycles. The number of fused-ring (bicyclic) bond motifs is 1. The van der Waals surface area contributed by atoms with Crippen molar-refractivity contribution in [1.82, 2.24) is 0 Å². The van der Waals surface area contributed by atoms with Crippen molar-refractivity contribution in [3.8, 4) is 0 Å². The van der Waals surface area contributed by atoms with E-state index in [0.29, 0.717) is 6.61 Å². The Morgan fingerprint density at radius 2 is 2.09 bits per heavy atom. The summed E-state index contributed by atoms with van der Waals surface area (Å²) < 4.78 is 21.2. The van der Waals surface area contributed by atoms with Crippen molar-refractivity contribution < 1.29 is 9.13 Å². The van der Waals surface area contributed by atoms with Gasteiger partial charge in [0.25, 0.3) is 0 Å². The number of hydrogen-bond acceptors (Lipinski definition) is 2. The van der Waals surface area contributed by atoms with Crippen LogP contribution in [0.3, 0.4) is 0 Å². The number of hydrogen-bond donors (Lipinski definition) is 1. The van der Waals surface area contributed by atoms with E-state index in [9.17, 15) is 4.39 Å². The number of benzene rings is 2. The fraction of sp³-hybridized carbons (Fsp3) is 0.333. The van der Waals surface area contributed by atoms with Crippen molar-refractivity contribution in [1.29, 1.82) is 0 Å². The Hall–Kier alpha value is -1.39. The minimum absolute atomic E-state index is 0.166. The summed E-state index contributed by atoms with van der Waals surface area (Å²) in [6.07, 6.45) is 1.50. The van der Waals surface area contributed by atoms with Crippen LogP contribution in [0.5, 0.6) is 0 Å². The number of anilines is 1. The summed E-state index contributed by atoms with van der Waals surface area (Å²) in [7, 11) is 0. The van der Waals surface area contributed by atoms with E-state index in [0.717, 1.165) is 46.2 Å². The number of nitrogens with one attached hydrogen (secondary N) is 1. The van der Waals surface area contributed by atoms with Crippen molar-refractivity contribution >= 4 is 21.6 Å². The molecular formula is C18H19BrFNO. The van der Waals surface area contributed by atoms with Crippen molar-refractivity contribution in [2.24, 2.45) is 0 Å². The average molecular weight is 364 g/mol. The van der Waals surface area contributed by atoms with Gasteiger partial charge in [-0.1, -0.05) is 30.3 Å². The summed E-state index contributed by atoms with van der Waals surface area (Å²) in [5.41, 5.74) is 3.88. The third-order valence-electron chi connectivity index (χ3n) is 4.00. The number of rotatable bonds is 5. The highest BCUT2D eigenvalue weighted by Gasteiger charge is 2.30. The first-order valence-corrected chi connectivity index (χ1v) is 8.40. The lowest BCUT2D eigenvalue weighted by Crippen LogP contribution is -2.06. The van der Waals surface area contributed by atoms with Crippen LogP contribution in [-0.4, -0.2) is 6.54 Å². The van der Waals surface area contributed by atoms with E-state index in [1.807, 2.05) is 37.3 Å². The van der Waals surface area contributed by atoms with E-state index in [1.165, 1.54) is 0 Å². The summed E-state index contributed by atoms with van der Waals surface area (Å²) in [6.45, 7) is 3.36. The van der Waals surface area contributed by atoms with E-state index in [1.54, 1.807) is 6.07 Å². The molecule has 22 heavy (non-hydrogen) atoms. The standard InChI is InChI=1S/C18H19BrFNO/c1-2-21-18-13-8-9-16(17(13)15(20)10-14(18)19)22-11-12-6-4-3-5-7-12/h3-7,10,16,21H,2,8-9,11H2,1H3. The van der Waals surface area contributed by atoms with Gasteiger partial charge in [-0.25, -0.2) is 4.39 Å². The second-order valence-electron chi connectivity index (χ2n) is 5.46. The van der Waals surface area contributed by atoms with Crippen LogP contribution in [0.15, 0.2) is 40.9 Å². The Balaban J connectivity index is 1.83. The van der Waals surface area contributed by atoms with Crippen LogP contribution in [0.4, 0.5) is 10.1 Å². The van der Waals surface area contributed by atoms with E-state index >= 15 is 0 Å². The molecule has 2 aromatic carbocycles. The molecule has 0 amide bonds. The SMILES string of the molecule is CCNc1c(Br)cc(F)c2c1CCC2OCc1ccccc1.